The number of hydrogen-bond acceptors (Lipinski definition) is 3. The van der Waals surface area contributed by atoms with Crippen LogP contribution in [-0.4, -0.2) is 16.4 Å². The molecule has 1 aromatic carbocycles. The smallest absolute Gasteiger partial charge is 0.145 e. The van der Waals surface area contributed by atoms with Crippen molar-refractivity contribution < 1.29 is 4.74 Å². The lowest BCUT2D eigenvalue weighted by Crippen LogP contribution is -2.14. The van der Waals surface area contributed by atoms with Gasteiger partial charge in [0.15, 0.2) is 0 Å². The molecule has 1 heterocycles. The van der Waals surface area contributed by atoms with Gasteiger partial charge in [0.05, 0.1) is 6.10 Å². The molecule has 0 radical (unpaired) electrons. The molecule has 4 heteroatoms. The van der Waals surface area contributed by atoms with Crippen LogP contribution in [0.5, 0.6) is 0 Å². The number of aromatic nitrogens is 2. The predicted molar refractivity (Wildman–Crippen MR) is 79.3 cm³/mol. The molecule has 0 bridgehead atoms. The van der Waals surface area contributed by atoms with Gasteiger partial charge in [-0.3, -0.25) is 4.68 Å². The van der Waals surface area contributed by atoms with Gasteiger partial charge in [0.2, 0.25) is 0 Å². The first kappa shape index (κ1) is 13.2. The second-order valence-electron chi connectivity index (χ2n) is 5.31. The van der Waals surface area contributed by atoms with Gasteiger partial charge in [0.25, 0.3) is 0 Å². The molecule has 4 nitrogen and oxygen atoms in total. The van der Waals surface area contributed by atoms with Crippen molar-refractivity contribution in [3.05, 3.63) is 47.7 Å². The van der Waals surface area contributed by atoms with Gasteiger partial charge >= 0.3 is 0 Å². The van der Waals surface area contributed by atoms with Crippen molar-refractivity contribution in [2.75, 3.05) is 12.3 Å². The van der Waals surface area contributed by atoms with E-state index in [1.165, 1.54) is 24.0 Å². The molecule has 1 aliphatic rings. The first-order chi connectivity index (χ1) is 9.83. The van der Waals surface area contributed by atoms with Crippen molar-refractivity contribution in [1.82, 2.24) is 9.78 Å². The molecule has 2 aromatic rings. The molecule has 0 amide bonds. The van der Waals surface area contributed by atoms with Gasteiger partial charge in [0.1, 0.15) is 5.82 Å². The van der Waals surface area contributed by atoms with Crippen LogP contribution in [-0.2, 0) is 17.7 Å². The molecule has 1 atom stereocenters. The number of hydrogen-bond donors (Lipinski definition) is 1. The lowest BCUT2D eigenvalue weighted by Gasteiger charge is -2.25. The Hall–Kier alpha value is -1.81. The summed E-state index contributed by atoms with van der Waals surface area (Å²) in [6.07, 6.45) is 6.67. The van der Waals surface area contributed by atoms with Gasteiger partial charge in [-0.1, -0.05) is 24.3 Å². The number of aryl methyl sites for hydroxylation is 2. The third kappa shape index (κ3) is 3.02. The van der Waals surface area contributed by atoms with Crippen LogP contribution in [0.2, 0.25) is 0 Å². The fourth-order valence-corrected chi connectivity index (χ4v) is 2.84. The third-order valence-electron chi connectivity index (χ3n) is 3.83. The highest BCUT2D eigenvalue weighted by molar-refractivity contribution is 5.31. The number of ether oxygens (including phenoxy) is 1. The van der Waals surface area contributed by atoms with E-state index in [-0.39, 0.29) is 6.10 Å². The average Bonchev–Trinajstić information content (AvgIpc) is 2.89. The summed E-state index contributed by atoms with van der Waals surface area (Å²) in [7, 11) is 0. The normalized spacial score (nSPS) is 17.9. The molecule has 20 heavy (non-hydrogen) atoms. The maximum Gasteiger partial charge on any atom is 0.145 e. The van der Waals surface area contributed by atoms with Crippen molar-refractivity contribution in [2.24, 2.45) is 0 Å². The largest absolute Gasteiger partial charge is 0.382 e. The van der Waals surface area contributed by atoms with E-state index in [2.05, 4.69) is 29.4 Å². The second kappa shape index (κ2) is 6.09. The highest BCUT2D eigenvalue weighted by Crippen LogP contribution is 2.32. The molecule has 1 aliphatic carbocycles. The molecule has 106 valence electrons. The molecule has 1 unspecified atom stereocenters. The van der Waals surface area contributed by atoms with Crippen LogP contribution in [0.3, 0.4) is 0 Å². The maximum absolute atomic E-state index is 6.07. The minimum Gasteiger partial charge on any atom is -0.382 e. The Morgan fingerprint density at radius 2 is 2.20 bits per heavy atom. The van der Waals surface area contributed by atoms with Crippen LogP contribution in [0.25, 0.3) is 0 Å². The fraction of sp³-hybridized carbons (Fsp3) is 0.438. The Labute approximate surface area is 119 Å². The number of nitrogen functional groups attached to an aromatic ring is 1. The van der Waals surface area contributed by atoms with Crippen LogP contribution >= 0.6 is 0 Å². The quantitative estimate of drug-likeness (QED) is 0.851. The molecular weight excluding hydrogens is 250 g/mol. The van der Waals surface area contributed by atoms with Crippen LogP contribution in [0, 0.1) is 0 Å². The fourth-order valence-electron chi connectivity index (χ4n) is 2.84. The molecule has 1 aromatic heterocycles. The lowest BCUT2D eigenvalue weighted by atomic mass is 9.89. The molecular formula is C16H21N3O. The van der Waals surface area contributed by atoms with Crippen LogP contribution in [0.15, 0.2) is 36.5 Å². The Morgan fingerprint density at radius 3 is 3.05 bits per heavy atom. The molecule has 0 fully saturated rings. The van der Waals surface area contributed by atoms with E-state index in [0.29, 0.717) is 5.82 Å². The molecule has 0 aliphatic heterocycles. The zero-order valence-electron chi connectivity index (χ0n) is 11.7. The van der Waals surface area contributed by atoms with E-state index in [1.54, 1.807) is 0 Å². The summed E-state index contributed by atoms with van der Waals surface area (Å²) < 4.78 is 7.93. The van der Waals surface area contributed by atoms with E-state index < -0.39 is 0 Å². The Kier molecular flexibility index (Phi) is 4.02. The highest BCUT2D eigenvalue weighted by atomic mass is 16.5. The lowest BCUT2D eigenvalue weighted by molar-refractivity contribution is 0.0372. The van der Waals surface area contributed by atoms with Crippen molar-refractivity contribution in [3.8, 4) is 0 Å². The SMILES string of the molecule is Nc1ccn(CCCOC2CCCc3ccccc32)n1. The van der Waals surface area contributed by atoms with E-state index in [0.717, 1.165) is 26.0 Å². The molecule has 0 spiro atoms. The van der Waals surface area contributed by atoms with E-state index in [1.807, 2.05) is 16.9 Å². The van der Waals surface area contributed by atoms with Gasteiger partial charge in [-0.15, -0.1) is 0 Å². The molecule has 2 N–H and O–H groups in total. The standard InChI is InChI=1S/C16H21N3O/c17-16-9-11-19(18-16)10-4-12-20-15-8-3-6-13-5-1-2-7-14(13)15/h1-2,5,7,9,11,15H,3-4,6,8,10,12H2,(H2,17,18). The Morgan fingerprint density at radius 1 is 1.30 bits per heavy atom. The zero-order chi connectivity index (χ0) is 13.8. The highest BCUT2D eigenvalue weighted by Gasteiger charge is 2.19. The monoisotopic (exact) mass is 271 g/mol. The van der Waals surface area contributed by atoms with E-state index in [4.69, 9.17) is 10.5 Å². The second-order valence-corrected chi connectivity index (χ2v) is 5.31. The molecule has 0 saturated carbocycles. The summed E-state index contributed by atoms with van der Waals surface area (Å²) in [5, 5.41) is 4.17. The van der Waals surface area contributed by atoms with Crippen molar-refractivity contribution in [1.29, 1.82) is 0 Å². The number of nitrogens with zero attached hydrogens (tertiary/aromatic N) is 2. The van der Waals surface area contributed by atoms with Crippen LogP contribution < -0.4 is 5.73 Å². The number of fused-ring (bicyclic) bond motifs is 1. The Balaban J connectivity index is 1.50. The van der Waals surface area contributed by atoms with Gasteiger partial charge < -0.3 is 10.5 Å². The number of anilines is 1. The van der Waals surface area contributed by atoms with Crippen LogP contribution in [0.1, 0.15) is 36.5 Å². The zero-order valence-corrected chi connectivity index (χ0v) is 11.7. The predicted octanol–water partition coefficient (Wildman–Crippen LogP) is 2.95. The van der Waals surface area contributed by atoms with Gasteiger partial charge in [-0.25, -0.2) is 0 Å². The summed E-state index contributed by atoms with van der Waals surface area (Å²) in [6.45, 7) is 1.62. The van der Waals surface area contributed by atoms with Crippen molar-refractivity contribution in [3.63, 3.8) is 0 Å². The molecule has 0 saturated heterocycles. The van der Waals surface area contributed by atoms with Crippen molar-refractivity contribution >= 4 is 5.82 Å². The van der Waals surface area contributed by atoms with Gasteiger partial charge in [0, 0.05) is 19.3 Å². The summed E-state index contributed by atoms with van der Waals surface area (Å²) in [5.74, 6) is 0.576. The summed E-state index contributed by atoms with van der Waals surface area (Å²) >= 11 is 0. The summed E-state index contributed by atoms with van der Waals surface area (Å²) in [4.78, 5) is 0. The minimum absolute atomic E-state index is 0.266. The number of rotatable bonds is 5. The first-order valence-corrected chi connectivity index (χ1v) is 7.31. The third-order valence-corrected chi connectivity index (χ3v) is 3.83. The first-order valence-electron chi connectivity index (χ1n) is 7.31. The Bertz CT molecular complexity index is 564. The van der Waals surface area contributed by atoms with E-state index >= 15 is 0 Å². The maximum atomic E-state index is 6.07. The summed E-state index contributed by atoms with van der Waals surface area (Å²) in [6, 6.07) is 10.5. The number of nitrogens with two attached hydrogens (primary N) is 1. The van der Waals surface area contributed by atoms with Crippen molar-refractivity contribution in [2.45, 2.75) is 38.3 Å². The topological polar surface area (TPSA) is 53.1 Å². The molecule has 3 rings (SSSR count). The average molecular weight is 271 g/mol. The minimum atomic E-state index is 0.266. The summed E-state index contributed by atoms with van der Waals surface area (Å²) in [5.41, 5.74) is 8.41. The van der Waals surface area contributed by atoms with Crippen LogP contribution in [0.4, 0.5) is 5.82 Å². The van der Waals surface area contributed by atoms with Gasteiger partial charge in [-0.2, -0.15) is 5.10 Å². The van der Waals surface area contributed by atoms with Gasteiger partial charge in [-0.05, 0) is 42.9 Å². The number of benzene rings is 1. The van der Waals surface area contributed by atoms with E-state index in [9.17, 15) is 0 Å².